The number of imidazole rings is 1. The molecule has 2 aromatic carbocycles. The molecule has 3 aromatic rings. The average Bonchev–Trinajstić information content (AvgIpc) is 3.15. The molecule has 160 valence electrons. The van der Waals surface area contributed by atoms with E-state index in [9.17, 15) is 13.6 Å². The van der Waals surface area contributed by atoms with E-state index >= 15 is 0 Å². The molecular weight excluding hydrogens is 398 g/mol. The van der Waals surface area contributed by atoms with Gasteiger partial charge in [-0.2, -0.15) is 0 Å². The van der Waals surface area contributed by atoms with E-state index in [2.05, 4.69) is 6.58 Å². The van der Waals surface area contributed by atoms with Crippen LogP contribution in [-0.4, -0.2) is 34.1 Å². The molecule has 7 heteroatoms. The van der Waals surface area contributed by atoms with Crippen LogP contribution in [0.2, 0.25) is 0 Å². The van der Waals surface area contributed by atoms with Crippen LogP contribution in [-0.2, 0) is 6.54 Å². The third-order valence-electron chi connectivity index (χ3n) is 5.44. The first-order valence-electron chi connectivity index (χ1n) is 10.2. The van der Waals surface area contributed by atoms with E-state index in [0.29, 0.717) is 36.0 Å². The van der Waals surface area contributed by atoms with Crippen molar-refractivity contribution in [2.45, 2.75) is 26.3 Å². The van der Waals surface area contributed by atoms with E-state index in [0.717, 1.165) is 17.7 Å². The second-order valence-corrected chi connectivity index (χ2v) is 7.54. The van der Waals surface area contributed by atoms with Crippen LogP contribution in [0.5, 0.6) is 0 Å². The first kappa shape index (κ1) is 20.8. The summed E-state index contributed by atoms with van der Waals surface area (Å²) in [5.74, 6) is 1.13. The van der Waals surface area contributed by atoms with Crippen molar-refractivity contribution in [1.82, 2.24) is 14.5 Å². The van der Waals surface area contributed by atoms with Gasteiger partial charge in [0, 0.05) is 31.3 Å². The minimum Gasteiger partial charge on any atom is -0.316 e. The lowest BCUT2D eigenvalue weighted by atomic mass is 10.1. The van der Waals surface area contributed by atoms with Crippen molar-refractivity contribution in [3.8, 4) is 11.4 Å². The molecule has 0 aliphatic carbocycles. The maximum atomic E-state index is 13.0. The first-order valence-corrected chi connectivity index (χ1v) is 10.2. The Bertz CT molecular complexity index is 1110. The van der Waals surface area contributed by atoms with Crippen molar-refractivity contribution in [2.75, 3.05) is 18.5 Å². The number of rotatable bonds is 6. The molecule has 1 aromatic heterocycles. The smallest absolute Gasteiger partial charge is 0.316 e. The van der Waals surface area contributed by atoms with E-state index in [1.807, 2.05) is 41.8 Å². The summed E-state index contributed by atoms with van der Waals surface area (Å²) in [5, 5.41) is 0. The molecule has 0 saturated heterocycles. The summed E-state index contributed by atoms with van der Waals surface area (Å²) in [4.78, 5) is 20.8. The molecule has 1 aliphatic heterocycles. The van der Waals surface area contributed by atoms with Crippen molar-refractivity contribution in [1.29, 1.82) is 0 Å². The summed E-state index contributed by atoms with van der Waals surface area (Å²) in [5.41, 5.74) is 3.07. The number of anilines is 1. The van der Waals surface area contributed by atoms with Gasteiger partial charge in [-0.05, 0) is 12.0 Å². The molecule has 2 amide bonds. The molecule has 0 spiro atoms. The second kappa shape index (κ2) is 8.34. The minimum atomic E-state index is -2.53. The van der Waals surface area contributed by atoms with Gasteiger partial charge in [-0.1, -0.05) is 68.1 Å². The van der Waals surface area contributed by atoms with Gasteiger partial charge in [0.05, 0.1) is 5.70 Å². The van der Waals surface area contributed by atoms with Crippen LogP contribution in [0.4, 0.5) is 19.4 Å². The number of carbonyl (C=O) groups excluding carboxylic acids is 1. The predicted octanol–water partition coefficient (Wildman–Crippen LogP) is 5.79. The van der Waals surface area contributed by atoms with Crippen LogP contribution in [0.15, 0.2) is 61.2 Å². The first-order chi connectivity index (χ1) is 14.9. The summed E-state index contributed by atoms with van der Waals surface area (Å²) in [6.45, 7) is 7.27. The molecule has 0 fully saturated rings. The molecule has 31 heavy (non-hydrogen) atoms. The fourth-order valence-electron chi connectivity index (χ4n) is 3.85. The van der Waals surface area contributed by atoms with E-state index in [4.69, 9.17) is 4.98 Å². The normalized spacial score (nSPS) is 13.8. The fourth-order valence-corrected chi connectivity index (χ4v) is 3.85. The number of alkyl halides is 2. The van der Waals surface area contributed by atoms with E-state index in [-0.39, 0.29) is 11.6 Å². The monoisotopic (exact) mass is 422 g/mol. The zero-order valence-corrected chi connectivity index (χ0v) is 17.6. The number of urea groups is 1. The highest BCUT2D eigenvalue weighted by atomic mass is 19.3. The van der Waals surface area contributed by atoms with Gasteiger partial charge in [-0.25, -0.2) is 18.6 Å². The van der Waals surface area contributed by atoms with Gasteiger partial charge in [0.25, 0.3) is 6.43 Å². The molecule has 2 heterocycles. The standard InChI is InChI=1S/C24H24F2N4O/c1-4-14-29-16(2)20-23(28(3)24(29)31)27-22(19-12-10-18(11-13-19)21(25)26)30(20)15-17-8-6-5-7-9-17/h5-13,21H,2,4,14-15H2,1,3H3. The van der Waals surface area contributed by atoms with Crippen molar-refractivity contribution < 1.29 is 13.6 Å². The molecule has 0 bridgehead atoms. The highest BCUT2D eigenvalue weighted by Gasteiger charge is 2.36. The van der Waals surface area contributed by atoms with Crippen LogP contribution in [0.25, 0.3) is 17.1 Å². The van der Waals surface area contributed by atoms with Gasteiger partial charge < -0.3 is 4.57 Å². The van der Waals surface area contributed by atoms with Crippen LogP contribution >= 0.6 is 0 Å². The number of halogens is 2. The van der Waals surface area contributed by atoms with E-state index in [1.165, 1.54) is 17.0 Å². The summed E-state index contributed by atoms with van der Waals surface area (Å²) in [7, 11) is 1.69. The van der Waals surface area contributed by atoms with Crippen molar-refractivity contribution in [2.24, 2.45) is 0 Å². The number of aromatic nitrogens is 2. The third kappa shape index (κ3) is 3.71. The lowest BCUT2D eigenvalue weighted by Gasteiger charge is -2.34. The molecule has 4 rings (SSSR count). The Balaban J connectivity index is 1.88. The summed E-state index contributed by atoms with van der Waals surface area (Å²) < 4.78 is 28.1. The maximum Gasteiger partial charge on any atom is 0.329 e. The van der Waals surface area contributed by atoms with Crippen LogP contribution in [0.3, 0.4) is 0 Å². The molecule has 1 aliphatic rings. The van der Waals surface area contributed by atoms with Crippen molar-refractivity contribution in [3.63, 3.8) is 0 Å². The van der Waals surface area contributed by atoms with E-state index in [1.54, 1.807) is 24.1 Å². The lowest BCUT2D eigenvalue weighted by Crippen LogP contribution is -2.44. The summed E-state index contributed by atoms with van der Waals surface area (Å²) >= 11 is 0. The Morgan fingerprint density at radius 1 is 1.06 bits per heavy atom. The summed E-state index contributed by atoms with van der Waals surface area (Å²) in [6.07, 6.45) is -1.74. The SMILES string of the molecule is C=C1c2c(nc(-c3ccc(C(F)F)cc3)n2Cc2ccccc2)N(C)C(=O)N1CCC. The Morgan fingerprint density at radius 3 is 2.35 bits per heavy atom. The molecule has 5 nitrogen and oxygen atoms in total. The molecular formula is C24H24F2N4O. The topological polar surface area (TPSA) is 41.4 Å². The minimum absolute atomic E-state index is 0.0412. The Kier molecular flexibility index (Phi) is 5.59. The molecule has 0 atom stereocenters. The number of nitrogens with zero attached hydrogens (tertiary/aromatic N) is 4. The quantitative estimate of drug-likeness (QED) is 0.505. The van der Waals surface area contributed by atoms with Gasteiger partial charge in [0.2, 0.25) is 0 Å². The van der Waals surface area contributed by atoms with Gasteiger partial charge in [0.1, 0.15) is 11.5 Å². The molecule has 0 saturated carbocycles. The zero-order valence-electron chi connectivity index (χ0n) is 17.6. The highest BCUT2D eigenvalue weighted by molar-refractivity contribution is 6.03. The number of hydrogen-bond acceptors (Lipinski definition) is 2. The van der Waals surface area contributed by atoms with Crippen LogP contribution in [0, 0.1) is 0 Å². The molecule has 0 N–H and O–H groups in total. The van der Waals surface area contributed by atoms with Crippen molar-refractivity contribution >= 4 is 17.5 Å². The van der Waals surface area contributed by atoms with Gasteiger partial charge in [-0.15, -0.1) is 0 Å². The van der Waals surface area contributed by atoms with E-state index < -0.39 is 6.43 Å². The van der Waals surface area contributed by atoms with Gasteiger partial charge >= 0.3 is 6.03 Å². The molecule has 0 radical (unpaired) electrons. The fraction of sp³-hybridized carbons (Fsp3) is 0.250. The Hall–Kier alpha value is -3.48. The number of fused-ring (bicyclic) bond motifs is 1. The second-order valence-electron chi connectivity index (χ2n) is 7.54. The maximum absolute atomic E-state index is 13.0. The largest absolute Gasteiger partial charge is 0.329 e. The zero-order chi connectivity index (χ0) is 22.1. The summed E-state index contributed by atoms with van der Waals surface area (Å²) in [6, 6.07) is 15.8. The van der Waals surface area contributed by atoms with Crippen LogP contribution < -0.4 is 4.90 Å². The van der Waals surface area contributed by atoms with Crippen LogP contribution in [0.1, 0.15) is 36.6 Å². The number of hydrogen-bond donors (Lipinski definition) is 0. The number of benzene rings is 2. The van der Waals surface area contributed by atoms with Gasteiger partial charge in [0.15, 0.2) is 5.82 Å². The highest BCUT2D eigenvalue weighted by Crippen LogP contribution is 2.38. The average molecular weight is 422 g/mol. The Labute approximate surface area is 180 Å². The Morgan fingerprint density at radius 2 is 1.74 bits per heavy atom. The molecule has 0 unspecified atom stereocenters. The predicted molar refractivity (Wildman–Crippen MR) is 118 cm³/mol. The number of amides is 2. The van der Waals surface area contributed by atoms with Gasteiger partial charge in [-0.3, -0.25) is 9.80 Å². The third-order valence-corrected chi connectivity index (χ3v) is 5.44. The van der Waals surface area contributed by atoms with Crippen molar-refractivity contribution in [3.05, 3.63) is 78.0 Å². The number of carbonyl (C=O) groups is 1. The lowest BCUT2D eigenvalue weighted by molar-refractivity contribution is 0.151.